The summed E-state index contributed by atoms with van der Waals surface area (Å²) in [6, 6.07) is 9.75. The van der Waals surface area contributed by atoms with Gasteiger partial charge in [-0.25, -0.2) is 0 Å². The summed E-state index contributed by atoms with van der Waals surface area (Å²) in [6.07, 6.45) is 1.20. The van der Waals surface area contributed by atoms with Crippen LogP contribution in [0.3, 0.4) is 0 Å². The van der Waals surface area contributed by atoms with Crippen molar-refractivity contribution in [2.24, 2.45) is 5.92 Å². The third-order valence-electron chi connectivity index (χ3n) is 4.52. The minimum Gasteiger partial charge on any atom is -0.508 e. The molecule has 1 fully saturated rings. The molecule has 1 aliphatic heterocycles. The molecular formula is C19H20N2O4S. The van der Waals surface area contributed by atoms with E-state index in [-0.39, 0.29) is 35.8 Å². The van der Waals surface area contributed by atoms with Crippen LogP contribution in [0.25, 0.3) is 0 Å². The SMILES string of the molecule is O=C(NCC(=O)N1CCC(C(=O)c2ccc(O)cc2)CC1)c1cccs1. The van der Waals surface area contributed by atoms with Crippen LogP contribution in [0, 0.1) is 5.92 Å². The highest BCUT2D eigenvalue weighted by Crippen LogP contribution is 2.23. The quantitative estimate of drug-likeness (QED) is 0.789. The zero-order chi connectivity index (χ0) is 18.5. The Kier molecular flexibility index (Phi) is 5.68. The van der Waals surface area contributed by atoms with Crippen LogP contribution in [0.4, 0.5) is 0 Å². The van der Waals surface area contributed by atoms with E-state index in [0.717, 1.165) is 0 Å². The van der Waals surface area contributed by atoms with E-state index >= 15 is 0 Å². The van der Waals surface area contributed by atoms with Gasteiger partial charge in [0.1, 0.15) is 5.75 Å². The average molecular weight is 372 g/mol. The van der Waals surface area contributed by atoms with Gasteiger partial charge in [-0.1, -0.05) is 6.07 Å². The molecule has 2 heterocycles. The van der Waals surface area contributed by atoms with Gasteiger partial charge in [0.25, 0.3) is 5.91 Å². The van der Waals surface area contributed by atoms with E-state index in [1.165, 1.54) is 23.5 Å². The monoisotopic (exact) mass is 372 g/mol. The molecule has 0 aliphatic carbocycles. The van der Waals surface area contributed by atoms with Crippen molar-refractivity contribution in [2.75, 3.05) is 19.6 Å². The Balaban J connectivity index is 1.47. The highest BCUT2D eigenvalue weighted by atomic mass is 32.1. The van der Waals surface area contributed by atoms with Crippen molar-refractivity contribution < 1.29 is 19.5 Å². The molecule has 6 nitrogen and oxygen atoms in total. The normalized spacial score (nSPS) is 14.8. The van der Waals surface area contributed by atoms with Gasteiger partial charge in [-0.2, -0.15) is 0 Å². The molecule has 1 saturated heterocycles. The number of thiophene rings is 1. The Labute approximate surface area is 155 Å². The smallest absolute Gasteiger partial charge is 0.261 e. The number of benzene rings is 1. The van der Waals surface area contributed by atoms with Gasteiger partial charge in [0.15, 0.2) is 5.78 Å². The molecule has 3 rings (SSSR count). The van der Waals surface area contributed by atoms with Crippen molar-refractivity contribution >= 4 is 28.9 Å². The standard InChI is InChI=1S/C19H20N2O4S/c22-15-5-3-13(4-6-15)18(24)14-7-9-21(10-8-14)17(23)12-20-19(25)16-2-1-11-26-16/h1-6,11,14,22H,7-10,12H2,(H,20,25). The Morgan fingerprint density at radius 1 is 1.12 bits per heavy atom. The van der Waals surface area contributed by atoms with Crippen LogP contribution >= 0.6 is 11.3 Å². The van der Waals surface area contributed by atoms with Gasteiger partial charge in [-0.3, -0.25) is 14.4 Å². The van der Waals surface area contributed by atoms with Crippen LogP contribution in [-0.4, -0.2) is 47.2 Å². The Hall–Kier alpha value is -2.67. The molecule has 26 heavy (non-hydrogen) atoms. The lowest BCUT2D eigenvalue weighted by molar-refractivity contribution is -0.131. The predicted octanol–water partition coefficient (Wildman–Crippen LogP) is 2.30. The van der Waals surface area contributed by atoms with Crippen LogP contribution in [0.1, 0.15) is 32.9 Å². The summed E-state index contributed by atoms with van der Waals surface area (Å²) < 4.78 is 0. The van der Waals surface area contributed by atoms with Gasteiger partial charge in [-0.15, -0.1) is 11.3 Å². The maximum Gasteiger partial charge on any atom is 0.261 e. The Morgan fingerprint density at radius 3 is 2.42 bits per heavy atom. The number of phenolic OH excluding ortho intramolecular Hbond substituents is 1. The lowest BCUT2D eigenvalue weighted by Gasteiger charge is -2.31. The van der Waals surface area contributed by atoms with E-state index < -0.39 is 0 Å². The Bertz CT molecular complexity index is 778. The van der Waals surface area contributed by atoms with E-state index in [9.17, 15) is 19.5 Å². The first-order chi connectivity index (χ1) is 12.5. The second-order valence-corrected chi connectivity index (χ2v) is 7.17. The summed E-state index contributed by atoms with van der Waals surface area (Å²) in [7, 11) is 0. The molecule has 2 N–H and O–H groups in total. The second-order valence-electron chi connectivity index (χ2n) is 6.23. The van der Waals surface area contributed by atoms with Crippen LogP contribution < -0.4 is 5.32 Å². The number of phenols is 1. The molecule has 1 aliphatic rings. The van der Waals surface area contributed by atoms with Gasteiger partial charge in [0.05, 0.1) is 11.4 Å². The predicted molar refractivity (Wildman–Crippen MR) is 98.4 cm³/mol. The summed E-state index contributed by atoms with van der Waals surface area (Å²) in [6.45, 7) is 0.970. The molecule has 0 radical (unpaired) electrons. The molecule has 0 unspecified atom stereocenters. The molecule has 2 aromatic rings. The number of carbonyl (C=O) groups excluding carboxylic acids is 3. The van der Waals surface area contributed by atoms with Crippen molar-refractivity contribution in [3.63, 3.8) is 0 Å². The van der Waals surface area contributed by atoms with Gasteiger partial charge in [0, 0.05) is 24.6 Å². The minimum atomic E-state index is -0.245. The number of Topliss-reactive ketones (excluding diaryl/α,β-unsaturated/α-hetero) is 1. The minimum absolute atomic E-state index is 0.0344. The van der Waals surface area contributed by atoms with E-state index in [4.69, 9.17) is 0 Å². The number of hydrogen-bond acceptors (Lipinski definition) is 5. The molecule has 0 saturated carbocycles. The molecule has 1 aromatic heterocycles. The lowest BCUT2D eigenvalue weighted by Crippen LogP contribution is -2.45. The first kappa shape index (κ1) is 18.1. The highest BCUT2D eigenvalue weighted by Gasteiger charge is 2.28. The maximum absolute atomic E-state index is 12.5. The highest BCUT2D eigenvalue weighted by molar-refractivity contribution is 7.12. The van der Waals surface area contributed by atoms with Gasteiger partial charge in [-0.05, 0) is 48.6 Å². The van der Waals surface area contributed by atoms with Crippen molar-refractivity contribution in [2.45, 2.75) is 12.8 Å². The first-order valence-electron chi connectivity index (χ1n) is 8.47. The van der Waals surface area contributed by atoms with Gasteiger partial charge < -0.3 is 15.3 Å². The summed E-state index contributed by atoms with van der Waals surface area (Å²) in [5.41, 5.74) is 0.579. The molecule has 7 heteroatoms. The van der Waals surface area contributed by atoms with Crippen LogP contribution in [-0.2, 0) is 4.79 Å². The van der Waals surface area contributed by atoms with Crippen molar-refractivity contribution in [3.8, 4) is 5.75 Å². The zero-order valence-electron chi connectivity index (χ0n) is 14.2. The zero-order valence-corrected chi connectivity index (χ0v) is 15.0. The number of piperidine rings is 1. The summed E-state index contributed by atoms with van der Waals surface area (Å²) in [4.78, 5) is 38.9. The van der Waals surface area contributed by atoms with E-state index in [1.807, 2.05) is 5.38 Å². The summed E-state index contributed by atoms with van der Waals surface area (Å²) >= 11 is 1.33. The van der Waals surface area contributed by atoms with E-state index in [2.05, 4.69) is 5.32 Å². The number of likely N-dealkylation sites (tertiary alicyclic amines) is 1. The largest absolute Gasteiger partial charge is 0.508 e. The fraction of sp³-hybridized carbons (Fsp3) is 0.316. The van der Waals surface area contributed by atoms with Gasteiger partial charge in [0.2, 0.25) is 5.91 Å². The Morgan fingerprint density at radius 2 is 1.81 bits per heavy atom. The number of nitrogens with zero attached hydrogens (tertiary/aromatic N) is 1. The fourth-order valence-corrected chi connectivity index (χ4v) is 3.66. The molecule has 1 aromatic carbocycles. The van der Waals surface area contributed by atoms with Crippen LogP contribution in [0.5, 0.6) is 5.75 Å². The second kappa shape index (κ2) is 8.14. The van der Waals surface area contributed by atoms with Crippen LogP contribution in [0.2, 0.25) is 0 Å². The lowest BCUT2D eigenvalue weighted by atomic mass is 9.89. The molecule has 0 atom stereocenters. The van der Waals surface area contributed by atoms with E-state index in [0.29, 0.717) is 36.4 Å². The molecule has 2 amide bonds. The number of nitrogens with one attached hydrogen (secondary N) is 1. The van der Waals surface area contributed by atoms with Crippen LogP contribution in [0.15, 0.2) is 41.8 Å². The fourth-order valence-electron chi connectivity index (χ4n) is 3.02. The van der Waals surface area contributed by atoms with Gasteiger partial charge >= 0.3 is 0 Å². The maximum atomic E-state index is 12.5. The number of aromatic hydroxyl groups is 1. The number of amides is 2. The topological polar surface area (TPSA) is 86.7 Å². The summed E-state index contributed by atoms with van der Waals surface area (Å²) in [5.74, 6) is -0.324. The third-order valence-corrected chi connectivity index (χ3v) is 5.38. The van der Waals surface area contributed by atoms with E-state index in [1.54, 1.807) is 29.2 Å². The van der Waals surface area contributed by atoms with Crippen molar-refractivity contribution in [1.29, 1.82) is 0 Å². The average Bonchev–Trinajstić information content (AvgIpc) is 3.21. The van der Waals surface area contributed by atoms with Crippen molar-refractivity contribution in [3.05, 3.63) is 52.2 Å². The number of carbonyl (C=O) groups is 3. The number of ketones is 1. The first-order valence-corrected chi connectivity index (χ1v) is 9.35. The molecule has 0 spiro atoms. The van der Waals surface area contributed by atoms with Crippen molar-refractivity contribution in [1.82, 2.24) is 10.2 Å². The summed E-state index contributed by atoms with van der Waals surface area (Å²) in [5, 5.41) is 13.8. The number of rotatable bonds is 5. The molecule has 0 bridgehead atoms. The molecule has 136 valence electrons. The molecular weight excluding hydrogens is 352 g/mol. The number of hydrogen-bond donors (Lipinski definition) is 2. The third kappa shape index (κ3) is 4.29.